The van der Waals surface area contributed by atoms with Crippen molar-refractivity contribution in [3.05, 3.63) is 22.7 Å². The van der Waals surface area contributed by atoms with Crippen molar-refractivity contribution >= 4 is 23.5 Å². The summed E-state index contributed by atoms with van der Waals surface area (Å²) < 4.78 is 2.71. The summed E-state index contributed by atoms with van der Waals surface area (Å²) in [5.41, 5.74) is 0.958. The van der Waals surface area contributed by atoms with E-state index in [0.717, 1.165) is 10.1 Å². The molecule has 0 fully saturated rings. The molecule has 0 atom stereocenters. The van der Waals surface area contributed by atoms with Gasteiger partial charge in [0.05, 0.1) is 4.36 Å². The van der Waals surface area contributed by atoms with Gasteiger partial charge in [0, 0.05) is 12.7 Å². The molecule has 0 N–H and O–H groups in total. The van der Waals surface area contributed by atoms with E-state index in [2.05, 4.69) is 6.58 Å². The second-order valence-corrected chi connectivity index (χ2v) is 3.33. The second kappa shape index (κ2) is 2.03. The molecule has 1 nitrogen and oxygen atoms in total. The third kappa shape index (κ3) is 1.01. The molecule has 0 aromatic heterocycles. The number of hydrogen-bond acceptors (Lipinski definition) is 2. The Bertz CT molecular complexity index is 153. The van der Waals surface area contributed by atoms with Gasteiger partial charge in [0.2, 0.25) is 0 Å². The second-order valence-electron chi connectivity index (χ2n) is 1.53. The van der Waals surface area contributed by atoms with Gasteiger partial charge in [-0.05, 0) is 18.0 Å². The summed E-state index contributed by atoms with van der Waals surface area (Å²) in [6.45, 7) is 3.73. The minimum Gasteiger partial charge on any atom is -0.315 e. The van der Waals surface area contributed by atoms with E-state index >= 15 is 0 Å². The molecule has 1 rings (SSSR count). The largest absolute Gasteiger partial charge is 0.315 e. The lowest BCUT2D eigenvalue weighted by molar-refractivity contribution is 0.746. The van der Waals surface area contributed by atoms with Crippen molar-refractivity contribution in [2.45, 2.75) is 0 Å². The van der Waals surface area contributed by atoms with Gasteiger partial charge in [-0.2, -0.15) is 0 Å². The van der Waals surface area contributed by atoms with Crippen molar-refractivity contribution in [1.29, 1.82) is 0 Å². The smallest absolute Gasteiger partial charge is 0.0966 e. The minimum atomic E-state index is 0.789. The van der Waals surface area contributed by atoms with E-state index in [9.17, 15) is 0 Å². The van der Waals surface area contributed by atoms with Gasteiger partial charge in [0.25, 0.3) is 0 Å². The predicted molar refractivity (Wildman–Crippen MR) is 38.4 cm³/mol. The molecule has 0 aliphatic carbocycles. The van der Waals surface area contributed by atoms with Crippen molar-refractivity contribution in [3.8, 4) is 0 Å². The number of rotatable bonds is 0. The van der Waals surface area contributed by atoms with Crippen LogP contribution < -0.4 is 0 Å². The number of hydrogen-bond donors (Lipinski definition) is 0. The third-order valence-corrected chi connectivity index (χ3v) is 2.03. The molecule has 0 saturated heterocycles. The maximum Gasteiger partial charge on any atom is 0.0966 e. The zero-order valence-corrected chi connectivity index (χ0v) is 6.09. The average Bonchev–Trinajstić information content (AvgIpc) is 1.85. The molecule has 0 unspecified atom stereocenters. The number of nitrogens with zero attached hydrogens (tertiary/aromatic N) is 1. The van der Waals surface area contributed by atoms with E-state index in [1.165, 1.54) is 11.9 Å². The Kier molecular flexibility index (Phi) is 1.54. The van der Waals surface area contributed by atoms with E-state index in [-0.39, 0.29) is 0 Å². The first-order valence-electron chi connectivity index (χ1n) is 2.18. The van der Waals surface area contributed by atoms with Crippen molar-refractivity contribution < 1.29 is 0 Å². The Morgan fingerprint density at radius 1 is 1.88 bits per heavy atom. The van der Waals surface area contributed by atoms with Gasteiger partial charge >= 0.3 is 0 Å². The van der Waals surface area contributed by atoms with Crippen LogP contribution in [0.5, 0.6) is 0 Å². The summed E-state index contributed by atoms with van der Waals surface area (Å²) in [5.74, 6) is 0. The van der Waals surface area contributed by atoms with E-state index in [1.54, 1.807) is 0 Å². The van der Waals surface area contributed by atoms with Gasteiger partial charge in [-0.25, -0.2) is 0 Å². The van der Waals surface area contributed by atoms with Crippen molar-refractivity contribution in [2.24, 2.45) is 0 Å². The van der Waals surface area contributed by atoms with E-state index in [0.29, 0.717) is 0 Å². The lowest BCUT2D eigenvalue weighted by Gasteiger charge is -2.07. The van der Waals surface area contributed by atoms with Crippen LogP contribution >= 0.6 is 23.5 Å². The van der Waals surface area contributed by atoms with Crippen LogP contribution in [-0.2, 0) is 0 Å². The van der Waals surface area contributed by atoms with Crippen LogP contribution in [0.15, 0.2) is 22.7 Å². The lowest BCUT2D eigenvalue weighted by atomic mass is 10.5. The van der Waals surface area contributed by atoms with Crippen LogP contribution in [0, 0.1) is 0 Å². The molecule has 0 radical (unpaired) electrons. The lowest BCUT2D eigenvalue weighted by Crippen LogP contribution is -1.98. The summed E-state index contributed by atoms with van der Waals surface area (Å²) >= 11 is 7.11. The van der Waals surface area contributed by atoms with Crippen LogP contribution in [0.2, 0.25) is 0 Å². The summed E-state index contributed by atoms with van der Waals surface area (Å²) in [6.07, 6.45) is 1.84. The Morgan fingerprint density at radius 3 is 2.62 bits per heavy atom. The highest BCUT2D eigenvalue weighted by atomic mass is 35.5. The Labute approximate surface area is 58.1 Å². The Balaban J connectivity index is 2.70. The molecule has 0 saturated carbocycles. The highest BCUT2D eigenvalue weighted by molar-refractivity contribution is 8.02. The maximum atomic E-state index is 5.62. The molecule has 44 valence electrons. The molecule has 1 aliphatic rings. The fourth-order valence-electron chi connectivity index (χ4n) is 0.438. The van der Waals surface area contributed by atoms with Crippen molar-refractivity contribution in [2.75, 3.05) is 7.05 Å². The van der Waals surface area contributed by atoms with Crippen LogP contribution in [0.25, 0.3) is 0 Å². The van der Waals surface area contributed by atoms with E-state index in [1.807, 2.05) is 17.4 Å². The first-order valence-corrected chi connectivity index (χ1v) is 3.33. The topological polar surface area (TPSA) is 3.24 Å². The molecule has 0 amide bonds. The molecular weight excluding hydrogens is 142 g/mol. The molecule has 0 aromatic carbocycles. The van der Waals surface area contributed by atoms with Crippen molar-refractivity contribution in [3.63, 3.8) is 0 Å². The van der Waals surface area contributed by atoms with Crippen molar-refractivity contribution in [1.82, 2.24) is 4.31 Å². The minimum absolute atomic E-state index is 0.789. The fourth-order valence-corrected chi connectivity index (χ4v) is 1.49. The Morgan fingerprint density at radius 2 is 2.50 bits per heavy atom. The van der Waals surface area contributed by atoms with Crippen LogP contribution in [-0.4, -0.2) is 11.4 Å². The third-order valence-electron chi connectivity index (χ3n) is 0.909. The van der Waals surface area contributed by atoms with Gasteiger partial charge < -0.3 is 4.31 Å². The quantitative estimate of drug-likeness (QED) is 0.484. The Hall–Kier alpha value is -0.0800. The molecule has 0 spiro atoms. The van der Waals surface area contributed by atoms with Gasteiger partial charge in [-0.1, -0.05) is 18.2 Å². The van der Waals surface area contributed by atoms with E-state index in [4.69, 9.17) is 11.6 Å². The molecule has 0 aromatic rings. The van der Waals surface area contributed by atoms with Gasteiger partial charge in [-0.15, -0.1) is 0 Å². The summed E-state index contributed by atoms with van der Waals surface area (Å²) in [5, 5.41) is 0. The molecular formula is C5H6ClNS. The normalized spacial score (nSPS) is 19.5. The zero-order chi connectivity index (χ0) is 6.15. The summed E-state index contributed by atoms with van der Waals surface area (Å²) in [4.78, 5) is 0. The highest BCUT2D eigenvalue weighted by Gasteiger charge is 2.10. The predicted octanol–water partition coefficient (Wildman–Crippen LogP) is 2.17. The van der Waals surface area contributed by atoms with Crippen LogP contribution in [0.4, 0.5) is 0 Å². The molecule has 3 heteroatoms. The van der Waals surface area contributed by atoms with Gasteiger partial charge in [-0.3, -0.25) is 0 Å². The SMILES string of the molecule is C=C1C=C(Cl)SN1C. The van der Waals surface area contributed by atoms with Gasteiger partial charge in [0.1, 0.15) is 0 Å². The van der Waals surface area contributed by atoms with E-state index < -0.39 is 0 Å². The maximum absolute atomic E-state index is 5.62. The first kappa shape index (κ1) is 6.05. The first-order chi connectivity index (χ1) is 3.70. The van der Waals surface area contributed by atoms with Crippen LogP contribution in [0.1, 0.15) is 0 Å². The molecule has 0 bridgehead atoms. The average molecular weight is 148 g/mol. The zero-order valence-electron chi connectivity index (χ0n) is 4.52. The number of likely N-dealkylation sites (N-methyl/N-ethyl adjacent to an activating group) is 1. The molecule has 8 heavy (non-hydrogen) atoms. The molecule has 1 aliphatic heterocycles. The van der Waals surface area contributed by atoms with Crippen LogP contribution in [0.3, 0.4) is 0 Å². The monoisotopic (exact) mass is 147 g/mol. The fraction of sp³-hybridized carbons (Fsp3) is 0.200. The summed E-state index contributed by atoms with van der Waals surface area (Å²) in [7, 11) is 1.93. The standard InChI is InChI=1S/C5H6ClNS/c1-4-3-5(6)8-7(4)2/h3H,1H2,2H3. The molecule has 1 heterocycles. The number of halogens is 1. The highest BCUT2D eigenvalue weighted by Crippen LogP contribution is 2.33. The van der Waals surface area contributed by atoms with Gasteiger partial charge in [0.15, 0.2) is 0 Å². The summed E-state index contributed by atoms with van der Waals surface area (Å²) in [6, 6.07) is 0. The number of allylic oxidation sites excluding steroid dienone is 1.